The van der Waals surface area contributed by atoms with E-state index in [1.165, 1.54) is 0 Å². The third-order valence-electron chi connectivity index (χ3n) is 4.37. The van der Waals surface area contributed by atoms with Gasteiger partial charge in [-0.1, -0.05) is 6.07 Å². The molecule has 136 valence electrons. The van der Waals surface area contributed by atoms with Crippen LogP contribution in [0.3, 0.4) is 0 Å². The SMILES string of the molecule is CNC(=O)c1ccc(NC(=O)CN2CCN(c3ccccn3)CC2)cc1. The first-order chi connectivity index (χ1) is 12.7. The van der Waals surface area contributed by atoms with Gasteiger partial charge in [0.25, 0.3) is 5.91 Å². The van der Waals surface area contributed by atoms with Crippen LogP contribution in [0.2, 0.25) is 0 Å². The minimum Gasteiger partial charge on any atom is -0.355 e. The van der Waals surface area contributed by atoms with Crippen molar-refractivity contribution in [3.8, 4) is 0 Å². The molecule has 2 aromatic rings. The van der Waals surface area contributed by atoms with Crippen LogP contribution >= 0.6 is 0 Å². The molecule has 2 amide bonds. The van der Waals surface area contributed by atoms with Gasteiger partial charge in [0.15, 0.2) is 0 Å². The predicted molar refractivity (Wildman–Crippen MR) is 101 cm³/mol. The van der Waals surface area contributed by atoms with Gasteiger partial charge in [-0.3, -0.25) is 14.5 Å². The molecule has 0 aliphatic carbocycles. The number of hydrogen-bond acceptors (Lipinski definition) is 5. The van der Waals surface area contributed by atoms with E-state index >= 15 is 0 Å². The first-order valence-electron chi connectivity index (χ1n) is 8.66. The lowest BCUT2D eigenvalue weighted by atomic mass is 10.2. The zero-order valence-corrected chi connectivity index (χ0v) is 14.8. The average Bonchev–Trinajstić information content (AvgIpc) is 2.69. The Morgan fingerprint density at radius 2 is 1.77 bits per heavy atom. The largest absolute Gasteiger partial charge is 0.355 e. The van der Waals surface area contributed by atoms with Gasteiger partial charge in [-0.05, 0) is 36.4 Å². The van der Waals surface area contributed by atoms with Crippen molar-refractivity contribution in [3.05, 3.63) is 54.2 Å². The van der Waals surface area contributed by atoms with Crippen molar-refractivity contribution in [2.24, 2.45) is 0 Å². The molecule has 0 saturated carbocycles. The third kappa shape index (κ3) is 4.58. The van der Waals surface area contributed by atoms with Gasteiger partial charge in [-0.15, -0.1) is 0 Å². The summed E-state index contributed by atoms with van der Waals surface area (Å²) in [6.45, 7) is 3.70. The molecule has 0 bridgehead atoms. The Morgan fingerprint density at radius 3 is 2.38 bits per heavy atom. The van der Waals surface area contributed by atoms with Crippen molar-refractivity contribution >= 4 is 23.3 Å². The van der Waals surface area contributed by atoms with Crippen molar-refractivity contribution in [2.75, 3.05) is 50.0 Å². The van der Waals surface area contributed by atoms with Crippen molar-refractivity contribution in [1.82, 2.24) is 15.2 Å². The molecule has 0 radical (unpaired) electrons. The van der Waals surface area contributed by atoms with Crippen LogP contribution in [-0.4, -0.2) is 61.5 Å². The highest BCUT2D eigenvalue weighted by Crippen LogP contribution is 2.13. The lowest BCUT2D eigenvalue weighted by molar-refractivity contribution is -0.117. The second kappa shape index (κ2) is 8.44. The summed E-state index contributed by atoms with van der Waals surface area (Å²) in [6, 6.07) is 12.8. The van der Waals surface area contributed by atoms with Crippen molar-refractivity contribution < 1.29 is 9.59 Å². The number of carbonyl (C=O) groups is 2. The number of amides is 2. The van der Waals surface area contributed by atoms with E-state index in [1.54, 1.807) is 37.5 Å². The second-order valence-corrected chi connectivity index (χ2v) is 6.16. The fourth-order valence-corrected chi connectivity index (χ4v) is 2.93. The molecular formula is C19H23N5O2. The molecule has 3 rings (SSSR count). The van der Waals surface area contributed by atoms with E-state index in [9.17, 15) is 9.59 Å². The standard InChI is InChI=1S/C19H23N5O2/c1-20-19(26)15-5-7-16(8-6-15)22-18(25)14-23-10-12-24(13-11-23)17-4-2-3-9-21-17/h2-9H,10-14H2,1H3,(H,20,26)(H,22,25). The number of piperazine rings is 1. The molecule has 2 heterocycles. The van der Waals surface area contributed by atoms with Crippen molar-refractivity contribution in [1.29, 1.82) is 0 Å². The van der Waals surface area contributed by atoms with Crippen LogP contribution < -0.4 is 15.5 Å². The number of nitrogens with one attached hydrogen (secondary N) is 2. The molecule has 7 nitrogen and oxygen atoms in total. The van der Waals surface area contributed by atoms with Gasteiger partial charge in [0, 0.05) is 50.7 Å². The van der Waals surface area contributed by atoms with Gasteiger partial charge in [-0.25, -0.2) is 4.98 Å². The summed E-state index contributed by atoms with van der Waals surface area (Å²) >= 11 is 0. The molecule has 7 heteroatoms. The van der Waals surface area contributed by atoms with Gasteiger partial charge in [0.2, 0.25) is 5.91 Å². The van der Waals surface area contributed by atoms with Crippen molar-refractivity contribution in [2.45, 2.75) is 0 Å². The third-order valence-corrected chi connectivity index (χ3v) is 4.37. The van der Waals surface area contributed by atoms with Gasteiger partial charge in [0.05, 0.1) is 6.54 Å². The van der Waals surface area contributed by atoms with Gasteiger partial charge >= 0.3 is 0 Å². The molecule has 1 aliphatic heterocycles. The van der Waals surface area contributed by atoms with E-state index in [-0.39, 0.29) is 11.8 Å². The summed E-state index contributed by atoms with van der Waals surface area (Å²) in [7, 11) is 1.59. The molecule has 1 aromatic heterocycles. The second-order valence-electron chi connectivity index (χ2n) is 6.16. The van der Waals surface area contributed by atoms with E-state index in [1.807, 2.05) is 18.2 Å². The Kier molecular flexibility index (Phi) is 5.80. The molecule has 0 spiro atoms. The number of carbonyl (C=O) groups excluding carboxylic acids is 2. The van der Waals surface area contributed by atoms with E-state index in [2.05, 4.69) is 25.4 Å². The molecule has 0 atom stereocenters. The fourth-order valence-electron chi connectivity index (χ4n) is 2.93. The smallest absolute Gasteiger partial charge is 0.251 e. The van der Waals surface area contributed by atoms with E-state index in [0.717, 1.165) is 32.0 Å². The Balaban J connectivity index is 1.46. The van der Waals surface area contributed by atoms with Gasteiger partial charge in [-0.2, -0.15) is 0 Å². The predicted octanol–water partition coefficient (Wildman–Crippen LogP) is 1.20. The summed E-state index contributed by atoms with van der Waals surface area (Å²) in [5, 5.41) is 5.45. The molecule has 1 saturated heterocycles. The molecule has 0 unspecified atom stereocenters. The highest BCUT2D eigenvalue weighted by Gasteiger charge is 2.19. The lowest BCUT2D eigenvalue weighted by Gasteiger charge is -2.34. The Hall–Kier alpha value is -2.93. The van der Waals surface area contributed by atoms with Crippen LogP contribution in [0, 0.1) is 0 Å². The number of hydrogen-bond donors (Lipinski definition) is 2. The summed E-state index contributed by atoms with van der Waals surface area (Å²) in [5.41, 5.74) is 1.26. The Bertz CT molecular complexity index is 740. The minimum absolute atomic E-state index is 0.0519. The van der Waals surface area contributed by atoms with Crippen LogP contribution in [0.5, 0.6) is 0 Å². The summed E-state index contributed by atoms with van der Waals surface area (Å²) in [5.74, 6) is 0.783. The van der Waals surface area contributed by atoms with E-state index < -0.39 is 0 Å². The topological polar surface area (TPSA) is 77.6 Å². The molecule has 2 N–H and O–H groups in total. The molecule has 1 fully saturated rings. The van der Waals surface area contributed by atoms with Crippen LogP contribution in [0.15, 0.2) is 48.7 Å². The fraction of sp³-hybridized carbons (Fsp3) is 0.316. The number of anilines is 2. The maximum absolute atomic E-state index is 12.2. The van der Waals surface area contributed by atoms with E-state index in [4.69, 9.17) is 0 Å². The Morgan fingerprint density at radius 1 is 1.04 bits per heavy atom. The number of rotatable bonds is 5. The van der Waals surface area contributed by atoms with Gasteiger partial charge < -0.3 is 15.5 Å². The Labute approximate surface area is 153 Å². The monoisotopic (exact) mass is 353 g/mol. The van der Waals surface area contributed by atoms with Gasteiger partial charge in [0.1, 0.15) is 5.82 Å². The number of aromatic nitrogens is 1. The summed E-state index contributed by atoms with van der Waals surface area (Å²) in [6.07, 6.45) is 1.80. The van der Waals surface area contributed by atoms with Crippen LogP contribution in [0.4, 0.5) is 11.5 Å². The average molecular weight is 353 g/mol. The summed E-state index contributed by atoms with van der Waals surface area (Å²) in [4.78, 5) is 32.5. The molecular weight excluding hydrogens is 330 g/mol. The first-order valence-corrected chi connectivity index (χ1v) is 8.66. The number of nitrogens with zero attached hydrogens (tertiary/aromatic N) is 3. The molecule has 26 heavy (non-hydrogen) atoms. The highest BCUT2D eigenvalue weighted by molar-refractivity contribution is 5.96. The number of pyridine rings is 1. The minimum atomic E-state index is -0.145. The maximum atomic E-state index is 12.2. The lowest BCUT2D eigenvalue weighted by Crippen LogP contribution is -2.48. The quantitative estimate of drug-likeness (QED) is 0.845. The van der Waals surface area contributed by atoms with Crippen LogP contribution in [0.1, 0.15) is 10.4 Å². The highest BCUT2D eigenvalue weighted by atomic mass is 16.2. The normalized spacial score (nSPS) is 14.7. The number of benzene rings is 1. The zero-order chi connectivity index (χ0) is 18.4. The molecule has 1 aliphatic rings. The van der Waals surface area contributed by atoms with Crippen LogP contribution in [-0.2, 0) is 4.79 Å². The zero-order valence-electron chi connectivity index (χ0n) is 14.8. The maximum Gasteiger partial charge on any atom is 0.251 e. The first kappa shape index (κ1) is 17.9. The van der Waals surface area contributed by atoms with Crippen molar-refractivity contribution in [3.63, 3.8) is 0 Å². The summed E-state index contributed by atoms with van der Waals surface area (Å²) < 4.78 is 0. The van der Waals surface area contributed by atoms with E-state index in [0.29, 0.717) is 17.8 Å². The van der Waals surface area contributed by atoms with Crippen LogP contribution in [0.25, 0.3) is 0 Å². The molecule has 1 aromatic carbocycles.